The first-order chi connectivity index (χ1) is 12.7. The second kappa shape index (κ2) is 8.36. The molecule has 0 bridgehead atoms. The number of nitrogens with two attached hydrogens (primary N) is 1. The number of hydrogen-bond acceptors (Lipinski definition) is 7. The largest absolute Gasteiger partial charge is 0.501 e. The van der Waals surface area contributed by atoms with Crippen LogP contribution in [0.5, 0.6) is 17.4 Å². The number of halogens is 3. The van der Waals surface area contributed by atoms with Crippen molar-refractivity contribution in [3.8, 4) is 17.4 Å². The second-order valence-electron chi connectivity index (χ2n) is 5.09. The quantitative estimate of drug-likeness (QED) is 0.719. The molecule has 0 aliphatic carbocycles. The van der Waals surface area contributed by atoms with Gasteiger partial charge in [0.1, 0.15) is 6.61 Å². The lowest BCUT2D eigenvalue weighted by molar-refractivity contribution is -0.137. The van der Waals surface area contributed by atoms with Gasteiger partial charge in [-0.3, -0.25) is 10.1 Å². The molecule has 144 valence electrons. The fourth-order valence-corrected chi connectivity index (χ4v) is 1.89. The first-order valence-corrected chi connectivity index (χ1v) is 7.39. The number of carbonyl (C=O) groups excluding carboxylic acids is 2. The van der Waals surface area contributed by atoms with E-state index in [-0.39, 0.29) is 17.9 Å². The Morgan fingerprint density at radius 2 is 2.00 bits per heavy atom. The van der Waals surface area contributed by atoms with E-state index in [0.717, 1.165) is 18.3 Å². The molecule has 1 aromatic heterocycles. The van der Waals surface area contributed by atoms with Crippen molar-refractivity contribution in [1.82, 2.24) is 10.3 Å². The summed E-state index contributed by atoms with van der Waals surface area (Å²) < 4.78 is 48.0. The summed E-state index contributed by atoms with van der Waals surface area (Å²) in [7, 11) is 0. The first kappa shape index (κ1) is 20.0. The number of aromatic nitrogens is 1. The van der Waals surface area contributed by atoms with Crippen molar-refractivity contribution < 1.29 is 37.3 Å². The van der Waals surface area contributed by atoms with Gasteiger partial charge < -0.3 is 20.3 Å². The predicted molar refractivity (Wildman–Crippen MR) is 84.9 cm³/mol. The molecule has 0 spiro atoms. The summed E-state index contributed by atoms with van der Waals surface area (Å²) in [6, 6.07) is 5.68. The van der Waals surface area contributed by atoms with Crippen molar-refractivity contribution >= 4 is 12.0 Å². The van der Waals surface area contributed by atoms with Crippen LogP contribution in [-0.2, 0) is 17.6 Å². The normalized spacial score (nSPS) is 11.0. The van der Waals surface area contributed by atoms with Crippen LogP contribution in [-0.4, -0.2) is 28.6 Å². The number of carbonyl (C=O) groups is 2. The van der Waals surface area contributed by atoms with Gasteiger partial charge in [0.15, 0.2) is 5.75 Å². The van der Waals surface area contributed by atoms with E-state index in [0.29, 0.717) is 0 Å². The third-order valence-corrected chi connectivity index (χ3v) is 3.12. The molecule has 27 heavy (non-hydrogen) atoms. The summed E-state index contributed by atoms with van der Waals surface area (Å²) in [6.07, 6.45) is -4.58. The standard InChI is InChI=1S/C16H14F3N3O5/c17-16(18,19)10-3-1-2-9(6-10)8-26-11-4-5-21-14(13(11)24)27-15(25)22-12(23)7-20/h1-6,24H,7-8,20H2,(H,22,23,25). The van der Waals surface area contributed by atoms with Crippen LogP contribution in [0.4, 0.5) is 18.0 Å². The lowest BCUT2D eigenvalue weighted by Crippen LogP contribution is -2.37. The maximum Gasteiger partial charge on any atom is 0.420 e. The SMILES string of the molecule is NCC(=O)NC(=O)Oc1nccc(OCc2cccc(C(F)(F)F)c2)c1O. The fourth-order valence-electron chi connectivity index (χ4n) is 1.89. The van der Waals surface area contributed by atoms with Gasteiger partial charge in [0, 0.05) is 12.3 Å². The molecule has 0 fully saturated rings. The fraction of sp³-hybridized carbons (Fsp3) is 0.188. The third kappa shape index (κ3) is 5.57. The summed E-state index contributed by atoms with van der Waals surface area (Å²) in [6.45, 7) is -0.743. The minimum Gasteiger partial charge on any atom is -0.501 e. The van der Waals surface area contributed by atoms with Crippen molar-refractivity contribution in [3.05, 3.63) is 47.7 Å². The van der Waals surface area contributed by atoms with E-state index in [9.17, 15) is 27.9 Å². The summed E-state index contributed by atoms with van der Waals surface area (Å²) in [4.78, 5) is 26.1. The van der Waals surface area contributed by atoms with Crippen molar-refractivity contribution in [2.45, 2.75) is 12.8 Å². The molecule has 0 saturated carbocycles. The predicted octanol–water partition coefficient (Wildman–Crippen LogP) is 1.96. The van der Waals surface area contributed by atoms with E-state index in [2.05, 4.69) is 9.72 Å². The summed E-state index contributed by atoms with van der Waals surface area (Å²) in [5.74, 6) is -2.22. The number of nitrogens with one attached hydrogen (secondary N) is 1. The molecule has 2 aromatic rings. The number of imide groups is 1. The van der Waals surface area contributed by atoms with Crippen LogP contribution in [0, 0.1) is 0 Å². The molecule has 4 N–H and O–H groups in total. The number of rotatable bonds is 5. The highest BCUT2D eigenvalue weighted by Gasteiger charge is 2.30. The van der Waals surface area contributed by atoms with Crippen molar-refractivity contribution in [3.63, 3.8) is 0 Å². The Labute approximate surface area is 150 Å². The van der Waals surface area contributed by atoms with Crippen LogP contribution in [0.25, 0.3) is 0 Å². The maximum atomic E-state index is 12.7. The molecule has 8 nitrogen and oxygen atoms in total. The minimum absolute atomic E-state index is 0.185. The highest BCUT2D eigenvalue weighted by Crippen LogP contribution is 2.34. The number of alkyl halides is 3. The summed E-state index contributed by atoms with van der Waals surface area (Å²) in [5.41, 5.74) is 4.39. The lowest BCUT2D eigenvalue weighted by atomic mass is 10.1. The number of amides is 2. The van der Waals surface area contributed by atoms with Crippen LogP contribution in [0.3, 0.4) is 0 Å². The van der Waals surface area contributed by atoms with Crippen molar-refractivity contribution in [2.24, 2.45) is 5.73 Å². The van der Waals surface area contributed by atoms with E-state index in [1.165, 1.54) is 18.2 Å². The average Bonchev–Trinajstić information content (AvgIpc) is 2.61. The van der Waals surface area contributed by atoms with Gasteiger partial charge in [0.2, 0.25) is 11.7 Å². The van der Waals surface area contributed by atoms with Crippen molar-refractivity contribution in [1.29, 1.82) is 0 Å². The molecule has 2 amide bonds. The first-order valence-electron chi connectivity index (χ1n) is 7.39. The number of aromatic hydroxyl groups is 1. The number of benzene rings is 1. The van der Waals surface area contributed by atoms with E-state index in [1.54, 1.807) is 5.32 Å². The molecule has 2 rings (SSSR count). The number of hydrogen-bond donors (Lipinski definition) is 3. The van der Waals surface area contributed by atoms with Crippen LogP contribution in [0.15, 0.2) is 36.5 Å². The van der Waals surface area contributed by atoms with E-state index < -0.39 is 41.9 Å². The smallest absolute Gasteiger partial charge is 0.420 e. The molecule has 0 aliphatic rings. The monoisotopic (exact) mass is 385 g/mol. The Morgan fingerprint density at radius 3 is 2.67 bits per heavy atom. The van der Waals surface area contributed by atoms with E-state index in [1.807, 2.05) is 0 Å². The van der Waals surface area contributed by atoms with Gasteiger partial charge in [0.25, 0.3) is 5.88 Å². The molecule has 0 atom stereocenters. The minimum atomic E-state index is -4.50. The second-order valence-corrected chi connectivity index (χ2v) is 5.09. The van der Waals surface area contributed by atoms with Crippen LogP contribution >= 0.6 is 0 Å². The summed E-state index contributed by atoms with van der Waals surface area (Å²) in [5, 5.41) is 11.8. The average molecular weight is 385 g/mol. The Kier molecular flexibility index (Phi) is 6.19. The Bertz CT molecular complexity index is 842. The van der Waals surface area contributed by atoms with E-state index >= 15 is 0 Å². The van der Waals surface area contributed by atoms with Gasteiger partial charge in [-0.05, 0) is 17.7 Å². The topological polar surface area (TPSA) is 124 Å². The molecule has 0 radical (unpaired) electrons. The lowest BCUT2D eigenvalue weighted by Gasteiger charge is -2.12. The van der Waals surface area contributed by atoms with Crippen LogP contribution < -0.4 is 20.5 Å². The van der Waals surface area contributed by atoms with Gasteiger partial charge in [-0.2, -0.15) is 13.2 Å². The summed E-state index contributed by atoms with van der Waals surface area (Å²) >= 11 is 0. The third-order valence-electron chi connectivity index (χ3n) is 3.12. The zero-order valence-electron chi connectivity index (χ0n) is 13.6. The Balaban J connectivity index is 2.08. The van der Waals surface area contributed by atoms with Crippen molar-refractivity contribution in [2.75, 3.05) is 6.54 Å². The number of nitrogens with zero attached hydrogens (tertiary/aromatic N) is 1. The molecular formula is C16H14F3N3O5. The molecule has 1 aromatic carbocycles. The molecule has 0 saturated heterocycles. The molecule has 1 heterocycles. The van der Waals surface area contributed by atoms with Gasteiger partial charge in [-0.15, -0.1) is 0 Å². The maximum absolute atomic E-state index is 12.7. The highest BCUT2D eigenvalue weighted by molar-refractivity contribution is 5.93. The van der Waals surface area contributed by atoms with Gasteiger partial charge >= 0.3 is 12.3 Å². The number of ether oxygens (including phenoxy) is 2. The zero-order chi connectivity index (χ0) is 20.0. The van der Waals surface area contributed by atoms with Gasteiger partial charge in [-0.25, -0.2) is 9.78 Å². The molecule has 0 unspecified atom stereocenters. The molecular weight excluding hydrogens is 371 g/mol. The number of pyridine rings is 1. The highest BCUT2D eigenvalue weighted by atomic mass is 19.4. The van der Waals surface area contributed by atoms with Crippen LogP contribution in [0.1, 0.15) is 11.1 Å². The zero-order valence-corrected chi connectivity index (χ0v) is 13.6. The van der Waals surface area contributed by atoms with E-state index in [4.69, 9.17) is 10.5 Å². The Hall–Kier alpha value is -3.34. The molecule has 0 aliphatic heterocycles. The van der Waals surface area contributed by atoms with Gasteiger partial charge in [-0.1, -0.05) is 12.1 Å². The Morgan fingerprint density at radius 1 is 1.26 bits per heavy atom. The van der Waals surface area contributed by atoms with Gasteiger partial charge in [0.05, 0.1) is 12.1 Å². The van der Waals surface area contributed by atoms with Crippen LogP contribution in [0.2, 0.25) is 0 Å². The molecule has 11 heteroatoms.